The second-order valence-electron chi connectivity index (χ2n) is 16.5. The minimum Gasteiger partial charge on any atom is -0.310 e. The summed E-state index contributed by atoms with van der Waals surface area (Å²) in [6.07, 6.45) is 0. The average molecular weight is 818 g/mol. The van der Waals surface area contributed by atoms with Gasteiger partial charge in [-0.15, -0.1) is 0 Å². The first-order chi connectivity index (χ1) is 31.8. The summed E-state index contributed by atoms with van der Waals surface area (Å²) in [5.74, 6) is 0.0688. The Balaban J connectivity index is 0.902. The number of nitrogens with zero attached hydrogens (tertiary/aromatic N) is 3. The Kier molecular flexibility index (Phi) is 9.23. The van der Waals surface area contributed by atoms with Gasteiger partial charge in [-0.25, -0.2) is 0 Å². The Morgan fingerprint density at radius 1 is 0.266 bits per heavy atom. The second-order valence-corrected chi connectivity index (χ2v) is 16.5. The van der Waals surface area contributed by atoms with Crippen LogP contribution in [0.1, 0.15) is 22.6 Å². The van der Waals surface area contributed by atoms with Gasteiger partial charge in [0.15, 0.2) is 0 Å². The number of fused-ring (bicyclic) bond motifs is 6. The van der Waals surface area contributed by atoms with E-state index < -0.39 is 0 Å². The van der Waals surface area contributed by atoms with Crippen LogP contribution in [0.2, 0.25) is 0 Å². The zero-order chi connectivity index (χ0) is 42.4. The molecular formula is C61H43N3. The first-order valence-electron chi connectivity index (χ1n) is 22.0. The number of anilines is 3. The van der Waals surface area contributed by atoms with E-state index >= 15 is 0 Å². The summed E-state index contributed by atoms with van der Waals surface area (Å²) in [4.78, 5) is 2.36. The Morgan fingerprint density at radius 2 is 0.656 bits per heavy atom. The summed E-state index contributed by atoms with van der Waals surface area (Å²) in [5.41, 5.74) is 16.6. The molecular weight excluding hydrogens is 775 g/mol. The van der Waals surface area contributed by atoms with E-state index in [2.05, 4.69) is 269 Å². The summed E-state index contributed by atoms with van der Waals surface area (Å²) in [6, 6.07) is 92.5. The fourth-order valence-electron chi connectivity index (χ4n) is 9.90. The van der Waals surface area contributed by atoms with Gasteiger partial charge in [0.1, 0.15) is 0 Å². The quantitative estimate of drug-likeness (QED) is 0.132. The van der Waals surface area contributed by atoms with Gasteiger partial charge in [-0.2, -0.15) is 0 Å². The molecule has 0 saturated heterocycles. The van der Waals surface area contributed by atoms with Gasteiger partial charge in [0.05, 0.1) is 22.1 Å². The molecule has 0 bridgehead atoms. The maximum absolute atomic E-state index is 2.42. The molecule has 12 rings (SSSR count). The van der Waals surface area contributed by atoms with E-state index in [0.29, 0.717) is 0 Å². The van der Waals surface area contributed by atoms with Gasteiger partial charge in [0.2, 0.25) is 0 Å². The molecule has 12 aromatic rings. The van der Waals surface area contributed by atoms with Gasteiger partial charge >= 0.3 is 0 Å². The normalized spacial score (nSPS) is 12.0. The first kappa shape index (κ1) is 37.4. The van der Waals surface area contributed by atoms with Crippen molar-refractivity contribution in [3.8, 4) is 22.5 Å². The minimum absolute atomic E-state index is 0.0688. The highest BCUT2D eigenvalue weighted by atomic mass is 15.1. The van der Waals surface area contributed by atoms with Crippen molar-refractivity contribution in [2.45, 2.75) is 5.92 Å². The standard InChI is InChI=1S/C61H43N3/c1-5-17-45(18-6-1)61(47-35-39-59-55(41-47)53-25-13-15-27-57(53)63(59)49-21-9-3-10-22-49)46-31-29-43(30-32-46)44-33-36-51(37-34-44)62(48-19-7-2-8-20-48)52-38-40-60-56(42-52)54-26-14-16-28-58(54)64(60)50-23-11-4-12-24-50/h1-42,61H. The lowest BCUT2D eigenvalue weighted by Gasteiger charge is -2.26. The van der Waals surface area contributed by atoms with Crippen molar-refractivity contribution < 1.29 is 0 Å². The van der Waals surface area contributed by atoms with Crippen molar-refractivity contribution in [1.29, 1.82) is 0 Å². The van der Waals surface area contributed by atoms with Crippen LogP contribution in [0, 0.1) is 0 Å². The van der Waals surface area contributed by atoms with Crippen LogP contribution in [0.4, 0.5) is 17.1 Å². The molecule has 64 heavy (non-hydrogen) atoms. The van der Waals surface area contributed by atoms with Crippen LogP contribution in [-0.4, -0.2) is 9.13 Å². The third-order valence-electron chi connectivity index (χ3n) is 12.8. The summed E-state index contributed by atoms with van der Waals surface area (Å²) in [5, 5.41) is 4.98. The fourth-order valence-corrected chi connectivity index (χ4v) is 9.90. The van der Waals surface area contributed by atoms with Gasteiger partial charge in [-0.1, -0.05) is 164 Å². The van der Waals surface area contributed by atoms with Crippen molar-refractivity contribution in [3.63, 3.8) is 0 Å². The van der Waals surface area contributed by atoms with Gasteiger partial charge in [0.25, 0.3) is 0 Å². The van der Waals surface area contributed by atoms with E-state index in [1.807, 2.05) is 0 Å². The lowest BCUT2D eigenvalue weighted by molar-refractivity contribution is 0.980. The molecule has 0 fully saturated rings. The van der Waals surface area contributed by atoms with E-state index in [1.165, 1.54) is 77.1 Å². The van der Waals surface area contributed by atoms with Crippen molar-refractivity contribution >= 4 is 60.7 Å². The van der Waals surface area contributed by atoms with Crippen molar-refractivity contribution in [1.82, 2.24) is 9.13 Å². The molecule has 3 heteroatoms. The molecule has 0 N–H and O–H groups in total. The van der Waals surface area contributed by atoms with E-state index in [0.717, 1.165) is 22.7 Å². The largest absolute Gasteiger partial charge is 0.310 e. The molecule has 10 aromatic carbocycles. The Labute approximate surface area is 373 Å². The lowest BCUT2D eigenvalue weighted by Crippen LogP contribution is -2.09. The molecule has 302 valence electrons. The molecule has 0 spiro atoms. The Bertz CT molecular complexity index is 3330. The van der Waals surface area contributed by atoms with Crippen molar-refractivity contribution in [2.75, 3.05) is 4.90 Å². The van der Waals surface area contributed by atoms with E-state index in [9.17, 15) is 0 Å². The minimum atomic E-state index is 0.0688. The predicted octanol–water partition coefficient (Wildman–Crippen LogP) is 16.2. The van der Waals surface area contributed by atoms with Crippen LogP contribution in [0.5, 0.6) is 0 Å². The smallest absolute Gasteiger partial charge is 0.0542 e. The van der Waals surface area contributed by atoms with Crippen LogP contribution < -0.4 is 4.90 Å². The number of hydrogen-bond acceptors (Lipinski definition) is 1. The maximum Gasteiger partial charge on any atom is 0.0542 e. The van der Waals surface area contributed by atoms with Gasteiger partial charge in [-0.05, 0) is 119 Å². The van der Waals surface area contributed by atoms with Gasteiger partial charge < -0.3 is 14.0 Å². The van der Waals surface area contributed by atoms with Crippen molar-refractivity contribution in [2.24, 2.45) is 0 Å². The third-order valence-corrected chi connectivity index (χ3v) is 12.8. The number of hydrogen-bond donors (Lipinski definition) is 0. The molecule has 2 heterocycles. The second kappa shape index (κ2) is 15.8. The SMILES string of the molecule is c1ccc(C(c2ccc(-c3ccc(N(c4ccccc4)c4ccc5c(c4)c4ccccc4n5-c4ccccc4)cc3)cc2)c2ccc3c(c2)c2ccccc2n3-c2ccccc2)cc1. The summed E-state index contributed by atoms with van der Waals surface area (Å²) >= 11 is 0. The van der Waals surface area contributed by atoms with Crippen LogP contribution in [0.15, 0.2) is 255 Å². The van der Waals surface area contributed by atoms with Crippen LogP contribution in [0.3, 0.4) is 0 Å². The topological polar surface area (TPSA) is 13.1 Å². The maximum atomic E-state index is 2.42. The van der Waals surface area contributed by atoms with E-state index in [1.54, 1.807) is 0 Å². The number of aromatic nitrogens is 2. The van der Waals surface area contributed by atoms with Crippen molar-refractivity contribution in [3.05, 3.63) is 271 Å². The lowest BCUT2D eigenvalue weighted by atomic mass is 9.84. The number of para-hydroxylation sites is 5. The summed E-state index contributed by atoms with van der Waals surface area (Å²) in [6.45, 7) is 0. The highest BCUT2D eigenvalue weighted by Gasteiger charge is 2.21. The summed E-state index contributed by atoms with van der Waals surface area (Å²) < 4.78 is 4.75. The monoisotopic (exact) mass is 817 g/mol. The van der Waals surface area contributed by atoms with Crippen LogP contribution in [-0.2, 0) is 0 Å². The molecule has 3 nitrogen and oxygen atoms in total. The number of rotatable bonds is 9. The molecule has 2 aromatic heterocycles. The fraction of sp³-hybridized carbons (Fsp3) is 0.0164. The number of benzene rings is 10. The molecule has 1 atom stereocenters. The van der Waals surface area contributed by atoms with Crippen LogP contribution >= 0.6 is 0 Å². The molecule has 0 radical (unpaired) electrons. The molecule has 0 amide bonds. The zero-order valence-electron chi connectivity index (χ0n) is 35.2. The predicted molar refractivity (Wildman–Crippen MR) is 269 cm³/mol. The van der Waals surface area contributed by atoms with Gasteiger partial charge in [-0.3, -0.25) is 0 Å². The van der Waals surface area contributed by atoms with E-state index in [-0.39, 0.29) is 5.92 Å². The Morgan fingerprint density at radius 3 is 1.23 bits per heavy atom. The highest BCUT2D eigenvalue weighted by molar-refractivity contribution is 6.11. The third kappa shape index (κ3) is 6.45. The molecule has 0 saturated carbocycles. The molecule has 0 aliphatic heterocycles. The zero-order valence-corrected chi connectivity index (χ0v) is 35.2. The summed E-state index contributed by atoms with van der Waals surface area (Å²) in [7, 11) is 0. The molecule has 1 unspecified atom stereocenters. The highest BCUT2D eigenvalue weighted by Crippen LogP contribution is 2.42. The molecule has 0 aliphatic rings. The average Bonchev–Trinajstić information content (AvgIpc) is 3.88. The van der Waals surface area contributed by atoms with E-state index in [4.69, 9.17) is 0 Å². The molecule has 0 aliphatic carbocycles. The Hall–Kier alpha value is -8.40. The van der Waals surface area contributed by atoms with Gasteiger partial charge in [0, 0.05) is 55.9 Å². The van der Waals surface area contributed by atoms with Crippen LogP contribution in [0.25, 0.3) is 66.1 Å². The first-order valence-corrected chi connectivity index (χ1v) is 22.0.